The number of nitrogens with one attached hydrogen (secondary N) is 1. The van der Waals surface area contributed by atoms with E-state index in [1.165, 1.54) is 12.8 Å². The minimum Gasteiger partial charge on any atom is -0.386 e. The van der Waals surface area contributed by atoms with E-state index in [1.807, 2.05) is 6.92 Å². The lowest BCUT2D eigenvalue weighted by molar-refractivity contribution is -0.156. The van der Waals surface area contributed by atoms with Gasteiger partial charge in [-0.25, -0.2) is 0 Å². The molecule has 1 amide bonds. The first-order valence-corrected chi connectivity index (χ1v) is 6.84. The molecule has 0 aliphatic carbocycles. The lowest BCUT2D eigenvalue weighted by Crippen LogP contribution is -2.63. The molecular weight excluding hydrogens is 216 g/mol. The third-order valence-electron chi connectivity index (χ3n) is 4.21. The molecule has 0 radical (unpaired) electrons. The average Bonchev–Trinajstić information content (AvgIpc) is 2.33. The number of hydrogen-bond donors (Lipinski definition) is 2. The lowest BCUT2D eigenvalue weighted by atomic mass is 9.89. The molecule has 2 saturated heterocycles. The maximum Gasteiger partial charge on any atom is 0.222 e. The predicted octanol–water partition coefficient (Wildman–Crippen LogP) is 0.749. The zero-order valence-electron chi connectivity index (χ0n) is 10.7. The van der Waals surface area contributed by atoms with Gasteiger partial charge in [-0.2, -0.15) is 0 Å². The molecule has 0 aromatic heterocycles. The first-order valence-electron chi connectivity index (χ1n) is 6.84. The van der Waals surface area contributed by atoms with Crippen LogP contribution in [0, 0.1) is 5.92 Å². The standard InChI is InChI=1S/C13H24N2O2/c1-2-13(17)9-15(10-13)12(16)4-3-11-5-7-14-8-6-11/h11,14,17H,2-10H2,1H3. The largest absolute Gasteiger partial charge is 0.386 e. The van der Waals surface area contributed by atoms with Gasteiger partial charge < -0.3 is 15.3 Å². The van der Waals surface area contributed by atoms with Crippen LogP contribution >= 0.6 is 0 Å². The highest BCUT2D eigenvalue weighted by atomic mass is 16.3. The molecule has 0 spiro atoms. The Labute approximate surface area is 103 Å². The Kier molecular flexibility index (Phi) is 4.05. The number of hydrogen-bond acceptors (Lipinski definition) is 3. The predicted molar refractivity (Wildman–Crippen MR) is 66.6 cm³/mol. The lowest BCUT2D eigenvalue weighted by Gasteiger charge is -2.46. The summed E-state index contributed by atoms with van der Waals surface area (Å²) in [6.45, 7) is 5.23. The van der Waals surface area contributed by atoms with Gasteiger partial charge in [-0.1, -0.05) is 6.92 Å². The van der Waals surface area contributed by atoms with Crippen LogP contribution in [0.4, 0.5) is 0 Å². The van der Waals surface area contributed by atoms with Crippen molar-refractivity contribution in [3.8, 4) is 0 Å². The zero-order valence-corrected chi connectivity index (χ0v) is 10.7. The van der Waals surface area contributed by atoms with E-state index in [9.17, 15) is 9.90 Å². The quantitative estimate of drug-likeness (QED) is 0.762. The van der Waals surface area contributed by atoms with Crippen molar-refractivity contribution in [1.82, 2.24) is 10.2 Å². The Morgan fingerprint density at radius 2 is 2.06 bits per heavy atom. The molecule has 17 heavy (non-hydrogen) atoms. The van der Waals surface area contributed by atoms with Gasteiger partial charge in [0.05, 0.1) is 18.7 Å². The van der Waals surface area contributed by atoms with E-state index in [4.69, 9.17) is 0 Å². The third kappa shape index (κ3) is 3.19. The molecule has 4 heteroatoms. The second-order valence-corrected chi connectivity index (χ2v) is 5.56. The van der Waals surface area contributed by atoms with E-state index in [0.29, 0.717) is 25.4 Å². The van der Waals surface area contributed by atoms with Crippen molar-refractivity contribution in [1.29, 1.82) is 0 Å². The summed E-state index contributed by atoms with van der Waals surface area (Å²) in [6.07, 6.45) is 4.81. The fraction of sp³-hybridized carbons (Fsp3) is 0.923. The fourth-order valence-corrected chi connectivity index (χ4v) is 2.72. The Bertz CT molecular complexity index is 269. The number of amides is 1. The second-order valence-electron chi connectivity index (χ2n) is 5.56. The molecule has 0 aromatic carbocycles. The summed E-state index contributed by atoms with van der Waals surface area (Å²) < 4.78 is 0. The number of carbonyl (C=O) groups is 1. The number of carbonyl (C=O) groups excluding carboxylic acids is 1. The highest BCUT2D eigenvalue weighted by Crippen LogP contribution is 2.26. The third-order valence-corrected chi connectivity index (χ3v) is 4.21. The van der Waals surface area contributed by atoms with E-state index in [1.54, 1.807) is 4.90 Å². The van der Waals surface area contributed by atoms with E-state index >= 15 is 0 Å². The maximum absolute atomic E-state index is 11.9. The molecule has 98 valence electrons. The van der Waals surface area contributed by atoms with E-state index < -0.39 is 5.60 Å². The highest BCUT2D eigenvalue weighted by Gasteiger charge is 2.41. The van der Waals surface area contributed by atoms with Gasteiger partial charge in [0.1, 0.15) is 0 Å². The van der Waals surface area contributed by atoms with Crippen LogP contribution in [0.15, 0.2) is 0 Å². The van der Waals surface area contributed by atoms with Gasteiger partial charge in [0.25, 0.3) is 0 Å². The zero-order chi connectivity index (χ0) is 12.3. The van der Waals surface area contributed by atoms with Crippen molar-refractivity contribution < 1.29 is 9.90 Å². The summed E-state index contributed by atoms with van der Waals surface area (Å²) in [5, 5.41) is 13.2. The molecule has 0 unspecified atom stereocenters. The van der Waals surface area contributed by atoms with Crippen LogP contribution in [0.25, 0.3) is 0 Å². The van der Waals surface area contributed by atoms with Crippen LogP contribution in [0.1, 0.15) is 39.0 Å². The topological polar surface area (TPSA) is 52.6 Å². The number of rotatable bonds is 4. The SMILES string of the molecule is CCC1(O)CN(C(=O)CCC2CCNCC2)C1. The molecular formula is C13H24N2O2. The summed E-state index contributed by atoms with van der Waals surface area (Å²) >= 11 is 0. The van der Waals surface area contributed by atoms with Gasteiger partial charge in [-0.15, -0.1) is 0 Å². The van der Waals surface area contributed by atoms with E-state index in [2.05, 4.69) is 5.32 Å². The van der Waals surface area contributed by atoms with Crippen molar-refractivity contribution in [2.75, 3.05) is 26.2 Å². The van der Waals surface area contributed by atoms with Crippen LogP contribution < -0.4 is 5.32 Å². The minimum atomic E-state index is -0.593. The second kappa shape index (κ2) is 5.36. The molecule has 0 atom stereocenters. The van der Waals surface area contributed by atoms with Gasteiger partial charge in [0, 0.05) is 6.42 Å². The Balaban J connectivity index is 1.65. The molecule has 2 fully saturated rings. The van der Waals surface area contributed by atoms with Gasteiger partial charge in [0.15, 0.2) is 0 Å². The number of aliphatic hydroxyl groups is 1. The van der Waals surface area contributed by atoms with Crippen molar-refractivity contribution in [2.24, 2.45) is 5.92 Å². The van der Waals surface area contributed by atoms with E-state index in [-0.39, 0.29) is 5.91 Å². The molecule has 2 N–H and O–H groups in total. The minimum absolute atomic E-state index is 0.224. The Morgan fingerprint density at radius 3 is 2.65 bits per heavy atom. The first kappa shape index (κ1) is 12.8. The Morgan fingerprint density at radius 1 is 1.41 bits per heavy atom. The van der Waals surface area contributed by atoms with Crippen LogP contribution in [-0.4, -0.2) is 47.7 Å². The number of nitrogens with zero attached hydrogens (tertiary/aromatic N) is 1. The van der Waals surface area contributed by atoms with Crippen molar-refractivity contribution in [3.63, 3.8) is 0 Å². The number of β-amino-alcohol motifs (C(OH)–C–C–N with tert-alkyl or cyclic N) is 1. The molecule has 0 saturated carbocycles. The molecule has 2 rings (SSSR count). The molecule has 0 bridgehead atoms. The first-order chi connectivity index (χ1) is 8.13. The average molecular weight is 240 g/mol. The number of piperidine rings is 1. The van der Waals surface area contributed by atoms with Crippen LogP contribution in [0.5, 0.6) is 0 Å². The molecule has 2 heterocycles. The maximum atomic E-state index is 11.9. The number of likely N-dealkylation sites (tertiary alicyclic amines) is 1. The summed E-state index contributed by atoms with van der Waals surface area (Å²) in [5.74, 6) is 0.938. The summed E-state index contributed by atoms with van der Waals surface area (Å²) in [7, 11) is 0. The van der Waals surface area contributed by atoms with Gasteiger partial charge in [-0.05, 0) is 44.7 Å². The van der Waals surface area contributed by atoms with E-state index in [0.717, 1.165) is 25.9 Å². The summed E-state index contributed by atoms with van der Waals surface area (Å²) in [4.78, 5) is 13.7. The van der Waals surface area contributed by atoms with Gasteiger partial charge in [0.2, 0.25) is 5.91 Å². The smallest absolute Gasteiger partial charge is 0.222 e. The molecule has 4 nitrogen and oxygen atoms in total. The summed E-state index contributed by atoms with van der Waals surface area (Å²) in [5.41, 5.74) is -0.593. The van der Waals surface area contributed by atoms with Crippen molar-refractivity contribution >= 4 is 5.91 Å². The van der Waals surface area contributed by atoms with Crippen molar-refractivity contribution in [2.45, 2.75) is 44.6 Å². The highest BCUT2D eigenvalue weighted by molar-refractivity contribution is 5.77. The Hall–Kier alpha value is -0.610. The normalized spacial score (nSPS) is 24.5. The molecule has 2 aliphatic rings. The monoisotopic (exact) mass is 240 g/mol. The van der Waals surface area contributed by atoms with Crippen LogP contribution in [0.2, 0.25) is 0 Å². The van der Waals surface area contributed by atoms with Crippen LogP contribution in [-0.2, 0) is 4.79 Å². The van der Waals surface area contributed by atoms with Gasteiger partial charge in [-0.3, -0.25) is 4.79 Å². The van der Waals surface area contributed by atoms with Crippen LogP contribution in [0.3, 0.4) is 0 Å². The fourth-order valence-electron chi connectivity index (χ4n) is 2.72. The molecule has 0 aromatic rings. The molecule has 2 aliphatic heterocycles. The summed E-state index contributed by atoms with van der Waals surface area (Å²) in [6, 6.07) is 0. The van der Waals surface area contributed by atoms with Crippen molar-refractivity contribution in [3.05, 3.63) is 0 Å². The van der Waals surface area contributed by atoms with Gasteiger partial charge >= 0.3 is 0 Å².